The first-order valence-electron chi connectivity index (χ1n) is 9.64. The molecule has 1 aromatic heterocycles. The molecule has 6 nitrogen and oxygen atoms in total. The first-order chi connectivity index (χ1) is 13.9. The third kappa shape index (κ3) is 4.46. The van der Waals surface area contributed by atoms with Gasteiger partial charge in [0.15, 0.2) is 0 Å². The van der Waals surface area contributed by atoms with E-state index in [1.54, 1.807) is 59.4 Å². The van der Waals surface area contributed by atoms with Crippen LogP contribution in [0.3, 0.4) is 0 Å². The van der Waals surface area contributed by atoms with Crippen LogP contribution >= 0.6 is 11.6 Å². The van der Waals surface area contributed by atoms with Crippen LogP contribution in [0.5, 0.6) is 0 Å². The second-order valence-electron chi connectivity index (χ2n) is 7.10. The molecule has 0 radical (unpaired) electrons. The number of benzene rings is 2. The van der Waals surface area contributed by atoms with Gasteiger partial charge in [0.2, 0.25) is 0 Å². The first kappa shape index (κ1) is 21.3. The van der Waals surface area contributed by atoms with Crippen molar-refractivity contribution in [2.24, 2.45) is 0 Å². The highest BCUT2D eigenvalue weighted by Gasteiger charge is 2.28. The average Bonchev–Trinajstić information content (AvgIpc) is 3.20. The molecular formula is C21H25ClN4O2S. The van der Waals surface area contributed by atoms with Gasteiger partial charge in [-0.1, -0.05) is 62.2 Å². The molecule has 0 saturated carbocycles. The van der Waals surface area contributed by atoms with Crippen molar-refractivity contribution in [2.75, 3.05) is 10.8 Å². The van der Waals surface area contributed by atoms with Crippen LogP contribution in [0.15, 0.2) is 59.6 Å². The van der Waals surface area contributed by atoms with E-state index < -0.39 is 10.0 Å². The third-order valence-electron chi connectivity index (χ3n) is 4.65. The SMILES string of the molecule is CCCCN(c1ccc(Cl)cc1-n1nncc1C(C)C)S(=O)(=O)c1ccccc1. The van der Waals surface area contributed by atoms with E-state index in [9.17, 15) is 8.42 Å². The zero-order chi connectivity index (χ0) is 21.0. The largest absolute Gasteiger partial charge is 0.264 e. The van der Waals surface area contributed by atoms with Crippen molar-refractivity contribution in [3.8, 4) is 5.69 Å². The van der Waals surface area contributed by atoms with Crippen LogP contribution < -0.4 is 4.31 Å². The smallest absolute Gasteiger partial charge is 0.264 e. The number of halogens is 1. The highest BCUT2D eigenvalue weighted by Crippen LogP contribution is 2.33. The molecule has 0 unspecified atom stereocenters. The van der Waals surface area contributed by atoms with Gasteiger partial charge < -0.3 is 0 Å². The Balaban J connectivity index is 2.21. The quantitative estimate of drug-likeness (QED) is 0.500. The Bertz CT molecular complexity index is 1070. The number of hydrogen-bond donors (Lipinski definition) is 0. The highest BCUT2D eigenvalue weighted by atomic mass is 35.5. The molecule has 0 bridgehead atoms. The van der Waals surface area contributed by atoms with E-state index >= 15 is 0 Å². The molecule has 0 saturated heterocycles. The van der Waals surface area contributed by atoms with Crippen LogP contribution in [-0.4, -0.2) is 30.0 Å². The minimum atomic E-state index is -3.76. The van der Waals surface area contributed by atoms with Gasteiger partial charge in [0.1, 0.15) is 0 Å². The fourth-order valence-corrected chi connectivity index (χ4v) is 4.80. The van der Waals surface area contributed by atoms with Gasteiger partial charge in [0.25, 0.3) is 10.0 Å². The Morgan fingerprint density at radius 1 is 1.14 bits per heavy atom. The summed E-state index contributed by atoms with van der Waals surface area (Å²) >= 11 is 6.28. The van der Waals surface area contributed by atoms with E-state index in [4.69, 9.17) is 11.6 Å². The van der Waals surface area contributed by atoms with E-state index in [0.717, 1.165) is 18.5 Å². The van der Waals surface area contributed by atoms with Crippen LogP contribution in [0, 0.1) is 0 Å². The number of rotatable bonds is 8. The third-order valence-corrected chi connectivity index (χ3v) is 6.71. The van der Waals surface area contributed by atoms with Crippen molar-refractivity contribution in [3.63, 3.8) is 0 Å². The Morgan fingerprint density at radius 3 is 2.52 bits per heavy atom. The molecule has 2 aromatic carbocycles. The van der Waals surface area contributed by atoms with E-state index in [2.05, 4.69) is 10.3 Å². The number of anilines is 1. The van der Waals surface area contributed by atoms with Crippen molar-refractivity contribution in [3.05, 3.63) is 65.4 Å². The summed E-state index contributed by atoms with van der Waals surface area (Å²) in [6.07, 6.45) is 3.28. The monoisotopic (exact) mass is 432 g/mol. The topological polar surface area (TPSA) is 68.1 Å². The molecule has 0 aliphatic rings. The number of unbranched alkanes of at least 4 members (excludes halogenated alkanes) is 1. The first-order valence-corrected chi connectivity index (χ1v) is 11.5. The van der Waals surface area contributed by atoms with Crippen LogP contribution in [0.1, 0.15) is 45.2 Å². The molecule has 0 aliphatic heterocycles. The van der Waals surface area contributed by atoms with Crippen molar-refractivity contribution in [1.29, 1.82) is 0 Å². The van der Waals surface area contributed by atoms with Crippen LogP contribution in [0.4, 0.5) is 5.69 Å². The summed E-state index contributed by atoms with van der Waals surface area (Å²) in [6.45, 7) is 6.46. The molecule has 0 spiro atoms. The summed E-state index contributed by atoms with van der Waals surface area (Å²) in [5, 5.41) is 8.75. The second-order valence-corrected chi connectivity index (χ2v) is 9.40. The molecule has 8 heteroatoms. The van der Waals surface area contributed by atoms with Gasteiger partial charge >= 0.3 is 0 Å². The Labute approximate surface area is 177 Å². The van der Waals surface area contributed by atoms with Crippen LogP contribution in [0.25, 0.3) is 5.69 Å². The molecule has 3 rings (SSSR count). The van der Waals surface area contributed by atoms with Crippen molar-refractivity contribution >= 4 is 27.3 Å². The normalized spacial score (nSPS) is 11.8. The lowest BCUT2D eigenvalue weighted by molar-refractivity contribution is 0.588. The summed E-state index contributed by atoms with van der Waals surface area (Å²) in [7, 11) is -3.76. The minimum Gasteiger partial charge on any atom is -0.264 e. The predicted octanol–water partition coefficient (Wildman–Crippen LogP) is 5.04. The van der Waals surface area contributed by atoms with E-state index in [-0.39, 0.29) is 10.8 Å². The molecule has 3 aromatic rings. The van der Waals surface area contributed by atoms with Crippen molar-refractivity contribution < 1.29 is 8.42 Å². The predicted molar refractivity (Wildman–Crippen MR) is 116 cm³/mol. The molecule has 0 fully saturated rings. The molecule has 0 aliphatic carbocycles. The lowest BCUT2D eigenvalue weighted by atomic mass is 10.1. The van der Waals surface area contributed by atoms with Gasteiger partial charge in [-0.15, -0.1) is 5.10 Å². The Hall–Kier alpha value is -2.38. The number of nitrogens with zero attached hydrogens (tertiary/aromatic N) is 4. The zero-order valence-corrected chi connectivity index (χ0v) is 18.4. The molecule has 0 N–H and O–H groups in total. The molecule has 0 amide bonds. The lowest BCUT2D eigenvalue weighted by Crippen LogP contribution is -2.33. The van der Waals surface area contributed by atoms with E-state index in [1.165, 1.54) is 4.31 Å². The van der Waals surface area contributed by atoms with E-state index in [1.807, 2.05) is 20.8 Å². The molecular weight excluding hydrogens is 408 g/mol. The highest BCUT2D eigenvalue weighted by molar-refractivity contribution is 7.92. The molecule has 1 heterocycles. The van der Waals surface area contributed by atoms with E-state index in [0.29, 0.717) is 22.9 Å². The maximum absolute atomic E-state index is 13.5. The Kier molecular flexibility index (Phi) is 6.59. The summed E-state index contributed by atoms with van der Waals surface area (Å²) in [5.41, 5.74) is 1.99. The van der Waals surface area contributed by atoms with Crippen molar-refractivity contribution in [2.45, 2.75) is 44.4 Å². The second kappa shape index (κ2) is 8.97. The van der Waals surface area contributed by atoms with Crippen molar-refractivity contribution in [1.82, 2.24) is 15.0 Å². The fraction of sp³-hybridized carbons (Fsp3) is 0.333. The van der Waals surface area contributed by atoms with Gasteiger partial charge in [-0.25, -0.2) is 13.1 Å². The molecule has 154 valence electrons. The van der Waals surface area contributed by atoms with Crippen LogP contribution in [-0.2, 0) is 10.0 Å². The average molecular weight is 433 g/mol. The summed E-state index contributed by atoms with van der Waals surface area (Å²) in [5.74, 6) is 0.159. The number of aromatic nitrogens is 3. The summed E-state index contributed by atoms with van der Waals surface area (Å²) in [4.78, 5) is 0.250. The minimum absolute atomic E-state index is 0.159. The fourth-order valence-electron chi connectivity index (χ4n) is 3.09. The summed E-state index contributed by atoms with van der Waals surface area (Å²) in [6, 6.07) is 13.6. The number of hydrogen-bond acceptors (Lipinski definition) is 4. The molecule has 29 heavy (non-hydrogen) atoms. The van der Waals surface area contributed by atoms with Gasteiger partial charge in [-0.2, -0.15) is 0 Å². The summed E-state index contributed by atoms with van der Waals surface area (Å²) < 4.78 is 30.1. The maximum Gasteiger partial charge on any atom is 0.264 e. The Morgan fingerprint density at radius 2 is 1.86 bits per heavy atom. The number of sulfonamides is 1. The molecule has 0 atom stereocenters. The van der Waals surface area contributed by atoms with Gasteiger partial charge in [-0.05, 0) is 42.7 Å². The van der Waals surface area contributed by atoms with Crippen LogP contribution in [0.2, 0.25) is 5.02 Å². The van der Waals surface area contributed by atoms with Gasteiger partial charge in [-0.3, -0.25) is 4.31 Å². The van der Waals surface area contributed by atoms with Gasteiger partial charge in [0.05, 0.1) is 28.2 Å². The standard InChI is InChI=1S/C21H25ClN4O2S/c1-4-5-13-25(29(27,28)18-9-7-6-8-10-18)19-12-11-17(22)14-20(19)26-21(16(2)3)15-23-24-26/h6-12,14-16H,4-5,13H2,1-3H3. The zero-order valence-electron chi connectivity index (χ0n) is 16.8. The lowest BCUT2D eigenvalue weighted by Gasteiger charge is -2.27. The van der Waals surface area contributed by atoms with Gasteiger partial charge in [0, 0.05) is 11.6 Å². The maximum atomic E-state index is 13.5.